The SMILES string of the molecule is Cc1ccc(S(=O)(=O)Cc2ccncn2)cc1. The van der Waals surface area contributed by atoms with Gasteiger partial charge in [0.2, 0.25) is 0 Å². The van der Waals surface area contributed by atoms with E-state index in [4.69, 9.17) is 0 Å². The molecular formula is C12H12N2O2S. The number of hydrogen-bond acceptors (Lipinski definition) is 4. The average Bonchev–Trinajstić information content (AvgIpc) is 2.30. The Labute approximate surface area is 100 Å². The molecule has 0 fully saturated rings. The Hall–Kier alpha value is -1.75. The van der Waals surface area contributed by atoms with Gasteiger partial charge in [0.1, 0.15) is 6.33 Å². The van der Waals surface area contributed by atoms with Crippen LogP contribution in [0.25, 0.3) is 0 Å². The molecule has 0 N–H and O–H groups in total. The first-order valence-electron chi connectivity index (χ1n) is 5.12. The molecule has 17 heavy (non-hydrogen) atoms. The molecule has 1 aromatic carbocycles. The fourth-order valence-electron chi connectivity index (χ4n) is 1.43. The van der Waals surface area contributed by atoms with Crippen molar-refractivity contribution in [2.45, 2.75) is 17.6 Å². The second-order valence-corrected chi connectivity index (χ2v) is 5.76. The molecule has 0 radical (unpaired) electrons. The van der Waals surface area contributed by atoms with Crippen LogP contribution in [0.5, 0.6) is 0 Å². The number of hydrogen-bond donors (Lipinski definition) is 0. The predicted octanol–water partition coefficient (Wildman–Crippen LogP) is 1.76. The zero-order chi connectivity index (χ0) is 12.3. The molecule has 0 unspecified atom stereocenters. The number of aromatic nitrogens is 2. The summed E-state index contributed by atoms with van der Waals surface area (Å²) in [7, 11) is -3.32. The zero-order valence-corrected chi connectivity index (χ0v) is 10.2. The Morgan fingerprint density at radius 3 is 2.41 bits per heavy atom. The summed E-state index contributed by atoms with van der Waals surface area (Å²) in [6.45, 7) is 1.92. The summed E-state index contributed by atoms with van der Waals surface area (Å²) >= 11 is 0. The number of benzene rings is 1. The van der Waals surface area contributed by atoms with E-state index in [1.807, 2.05) is 6.92 Å². The molecule has 0 saturated carbocycles. The number of nitrogens with zero attached hydrogens (tertiary/aromatic N) is 2. The predicted molar refractivity (Wildman–Crippen MR) is 64.1 cm³/mol. The highest BCUT2D eigenvalue weighted by atomic mass is 32.2. The van der Waals surface area contributed by atoms with E-state index in [0.29, 0.717) is 10.6 Å². The van der Waals surface area contributed by atoms with Crippen LogP contribution in [-0.2, 0) is 15.6 Å². The van der Waals surface area contributed by atoms with Crippen molar-refractivity contribution in [2.24, 2.45) is 0 Å². The van der Waals surface area contributed by atoms with Gasteiger partial charge in [0.25, 0.3) is 0 Å². The van der Waals surface area contributed by atoms with E-state index in [2.05, 4.69) is 9.97 Å². The number of sulfone groups is 1. The van der Waals surface area contributed by atoms with Gasteiger partial charge in [-0.1, -0.05) is 17.7 Å². The molecule has 88 valence electrons. The van der Waals surface area contributed by atoms with Crippen molar-refractivity contribution >= 4 is 9.84 Å². The lowest BCUT2D eigenvalue weighted by Gasteiger charge is -2.04. The molecular weight excluding hydrogens is 236 g/mol. The van der Waals surface area contributed by atoms with Crippen LogP contribution in [0, 0.1) is 6.92 Å². The molecule has 0 aliphatic heterocycles. The molecule has 5 heteroatoms. The summed E-state index contributed by atoms with van der Waals surface area (Å²) in [5, 5.41) is 0. The first kappa shape index (κ1) is 11.7. The van der Waals surface area contributed by atoms with E-state index in [1.54, 1.807) is 30.3 Å². The Kier molecular flexibility index (Phi) is 3.19. The molecule has 0 atom stereocenters. The van der Waals surface area contributed by atoms with Gasteiger partial charge in [0.15, 0.2) is 9.84 Å². The van der Waals surface area contributed by atoms with E-state index >= 15 is 0 Å². The summed E-state index contributed by atoms with van der Waals surface area (Å²) in [5.74, 6) is -0.0986. The van der Waals surface area contributed by atoms with Crippen LogP contribution in [-0.4, -0.2) is 18.4 Å². The fraction of sp³-hybridized carbons (Fsp3) is 0.167. The van der Waals surface area contributed by atoms with Gasteiger partial charge in [-0.05, 0) is 25.1 Å². The maximum Gasteiger partial charge on any atom is 0.184 e. The number of rotatable bonds is 3. The summed E-state index contributed by atoms with van der Waals surface area (Å²) in [6, 6.07) is 8.41. The van der Waals surface area contributed by atoms with Crippen LogP contribution in [0.3, 0.4) is 0 Å². The maximum absolute atomic E-state index is 12.1. The molecule has 2 rings (SSSR count). The smallest absolute Gasteiger partial charge is 0.184 e. The molecule has 1 aromatic heterocycles. The van der Waals surface area contributed by atoms with E-state index in [1.165, 1.54) is 12.5 Å². The minimum atomic E-state index is -3.32. The van der Waals surface area contributed by atoms with Crippen molar-refractivity contribution in [3.8, 4) is 0 Å². The molecule has 0 amide bonds. The highest BCUT2D eigenvalue weighted by Gasteiger charge is 2.15. The van der Waals surface area contributed by atoms with E-state index < -0.39 is 9.84 Å². The Morgan fingerprint density at radius 2 is 1.82 bits per heavy atom. The summed E-state index contributed by atoms with van der Waals surface area (Å²) in [5.41, 5.74) is 1.53. The van der Waals surface area contributed by atoms with Crippen LogP contribution in [0.1, 0.15) is 11.3 Å². The zero-order valence-electron chi connectivity index (χ0n) is 9.37. The van der Waals surface area contributed by atoms with Gasteiger partial charge < -0.3 is 0 Å². The van der Waals surface area contributed by atoms with Crippen LogP contribution >= 0.6 is 0 Å². The largest absolute Gasteiger partial charge is 0.245 e. The van der Waals surface area contributed by atoms with Crippen molar-refractivity contribution in [1.82, 2.24) is 9.97 Å². The molecule has 0 bridgehead atoms. The third-order valence-corrected chi connectivity index (χ3v) is 4.03. The van der Waals surface area contributed by atoms with Crippen LogP contribution in [0.2, 0.25) is 0 Å². The Morgan fingerprint density at radius 1 is 1.12 bits per heavy atom. The molecule has 0 aliphatic rings. The lowest BCUT2D eigenvalue weighted by molar-refractivity contribution is 0.594. The van der Waals surface area contributed by atoms with Crippen molar-refractivity contribution in [3.05, 3.63) is 54.1 Å². The van der Waals surface area contributed by atoms with Crippen molar-refractivity contribution in [3.63, 3.8) is 0 Å². The van der Waals surface area contributed by atoms with Crippen molar-refractivity contribution < 1.29 is 8.42 Å². The van der Waals surface area contributed by atoms with E-state index in [0.717, 1.165) is 5.56 Å². The summed E-state index contributed by atoms with van der Waals surface area (Å²) < 4.78 is 24.1. The van der Waals surface area contributed by atoms with Gasteiger partial charge in [-0.2, -0.15) is 0 Å². The Bertz CT molecular complexity index is 592. The Balaban J connectivity index is 2.29. The number of aryl methyl sites for hydroxylation is 1. The summed E-state index contributed by atoms with van der Waals surface area (Å²) in [6.07, 6.45) is 2.88. The second kappa shape index (κ2) is 4.63. The monoisotopic (exact) mass is 248 g/mol. The summed E-state index contributed by atoms with van der Waals surface area (Å²) in [4.78, 5) is 7.99. The van der Waals surface area contributed by atoms with Gasteiger partial charge in [-0.25, -0.2) is 18.4 Å². The standard InChI is InChI=1S/C12H12N2O2S/c1-10-2-4-12(5-3-10)17(15,16)8-11-6-7-13-9-14-11/h2-7,9H,8H2,1H3. The van der Waals surface area contributed by atoms with Crippen LogP contribution < -0.4 is 0 Å². The van der Waals surface area contributed by atoms with Gasteiger partial charge >= 0.3 is 0 Å². The topological polar surface area (TPSA) is 59.9 Å². The third-order valence-electron chi connectivity index (χ3n) is 2.36. The van der Waals surface area contributed by atoms with Gasteiger partial charge in [0.05, 0.1) is 16.3 Å². The first-order valence-corrected chi connectivity index (χ1v) is 6.77. The van der Waals surface area contributed by atoms with Crippen LogP contribution in [0.15, 0.2) is 47.8 Å². The normalized spacial score (nSPS) is 11.4. The van der Waals surface area contributed by atoms with Gasteiger partial charge in [-0.3, -0.25) is 0 Å². The third kappa shape index (κ3) is 2.88. The second-order valence-electron chi connectivity index (χ2n) is 3.77. The lowest BCUT2D eigenvalue weighted by atomic mass is 10.2. The molecule has 2 aromatic rings. The molecule has 0 saturated heterocycles. The average molecular weight is 248 g/mol. The van der Waals surface area contributed by atoms with Crippen molar-refractivity contribution in [2.75, 3.05) is 0 Å². The van der Waals surface area contributed by atoms with Gasteiger partial charge in [-0.15, -0.1) is 0 Å². The molecule has 4 nitrogen and oxygen atoms in total. The minimum absolute atomic E-state index is 0.0986. The first-order chi connectivity index (χ1) is 8.08. The highest BCUT2D eigenvalue weighted by molar-refractivity contribution is 7.90. The maximum atomic E-state index is 12.1. The minimum Gasteiger partial charge on any atom is -0.245 e. The molecule has 0 aliphatic carbocycles. The fourth-order valence-corrected chi connectivity index (χ4v) is 2.70. The lowest BCUT2D eigenvalue weighted by Crippen LogP contribution is -2.06. The van der Waals surface area contributed by atoms with Gasteiger partial charge in [0, 0.05) is 6.20 Å². The molecule has 1 heterocycles. The van der Waals surface area contributed by atoms with E-state index in [9.17, 15) is 8.42 Å². The quantitative estimate of drug-likeness (QED) is 0.830. The highest BCUT2D eigenvalue weighted by Crippen LogP contribution is 2.15. The van der Waals surface area contributed by atoms with Crippen LogP contribution in [0.4, 0.5) is 0 Å². The molecule has 0 spiro atoms. The van der Waals surface area contributed by atoms with E-state index in [-0.39, 0.29) is 5.75 Å². The van der Waals surface area contributed by atoms with Crippen molar-refractivity contribution in [1.29, 1.82) is 0 Å².